The van der Waals surface area contributed by atoms with Crippen molar-refractivity contribution >= 4 is 34.1 Å². The number of benzene rings is 2. The van der Waals surface area contributed by atoms with Crippen molar-refractivity contribution < 1.29 is 14.3 Å². The number of halogens is 1. The first-order valence-electron chi connectivity index (χ1n) is 8.21. The second-order valence-electron chi connectivity index (χ2n) is 5.71. The number of ether oxygens (including phenoxy) is 2. The van der Waals surface area contributed by atoms with Crippen molar-refractivity contribution in [1.29, 1.82) is 0 Å². The van der Waals surface area contributed by atoms with Crippen LogP contribution in [0.5, 0.6) is 11.5 Å². The Bertz CT molecular complexity index is 973. The van der Waals surface area contributed by atoms with E-state index in [1.54, 1.807) is 18.3 Å². The lowest BCUT2D eigenvalue weighted by Crippen LogP contribution is -2.13. The molecule has 134 valence electrons. The number of nitrogens with zero attached hydrogens (tertiary/aromatic N) is 1. The van der Waals surface area contributed by atoms with Crippen molar-refractivity contribution in [2.24, 2.45) is 0 Å². The van der Waals surface area contributed by atoms with E-state index in [1.807, 2.05) is 38.1 Å². The molecule has 3 aromatic rings. The molecular weight excluding hydrogens is 352 g/mol. The largest absolute Gasteiger partial charge is 0.493 e. The summed E-state index contributed by atoms with van der Waals surface area (Å²) < 4.78 is 10.8. The first kappa shape index (κ1) is 18.0. The zero-order valence-corrected chi connectivity index (χ0v) is 15.6. The number of methoxy groups -OCH3 is 1. The fourth-order valence-electron chi connectivity index (χ4n) is 2.75. The number of carbonyl (C=O) groups excluding carboxylic acids is 1. The van der Waals surface area contributed by atoms with Gasteiger partial charge in [0.15, 0.2) is 11.5 Å². The smallest absolute Gasteiger partial charge is 0.255 e. The van der Waals surface area contributed by atoms with Crippen LogP contribution in [0.4, 0.5) is 5.69 Å². The highest BCUT2D eigenvalue weighted by Crippen LogP contribution is 2.36. The van der Waals surface area contributed by atoms with Gasteiger partial charge >= 0.3 is 0 Å². The lowest BCUT2D eigenvalue weighted by atomic mass is 10.1. The average Bonchev–Trinajstić information content (AvgIpc) is 2.65. The maximum Gasteiger partial charge on any atom is 0.255 e. The van der Waals surface area contributed by atoms with Gasteiger partial charge in [0.1, 0.15) is 0 Å². The van der Waals surface area contributed by atoms with Crippen molar-refractivity contribution in [2.45, 2.75) is 13.8 Å². The van der Waals surface area contributed by atoms with Crippen molar-refractivity contribution in [3.63, 3.8) is 0 Å². The van der Waals surface area contributed by atoms with E-state index in [9.17, 15) is 4.79 Å². The minimum absolute atomic E-state index is 0.290. The van der Waals surface area contributed by atoms with Gasteiger partial charge in [0.05, 0.1) is 29.9 Å². The molecule has 2 aromatic carbocycles. The quantitative estimate of drug-likeness (QED) is 0.697. The van der Waals surface area contributed by atoms with Crippen LogP contribution in [0.2, 0.25) is 5.02 Å². The van der Waals surface area contributed by atoms with Crippen LogP contribution in [0.15, 0.2) is 42.6 Å². The number of fused-ring (bicyclic) bond motifs is 1. The molecule has 0 fully saturated rings. The van der Waals surface area contributed by atoms with Gasteiger partial charge in [0.2, 0.25) is 0 Å². The normalized spacial score (nSPS) is 10.6. The molecule has 3 rings (SSSR count). The molecule has 0 aliphatic heterocycles. The predicted molar refractivity (Wildman–Crippen MR) is 104 cm³/mol. The van der Waals surface area contributed by atoms with E-state index < -0.39 is 0 Å². The van der Waals surface area contributed by atoms with Crippen LogP contribution in [0.1, 0.15) is 22.8 Å². The molecule has 1 heterocycles. The van der Waals surface area contributed by atoms with Gasteiger partial charge in [-0.15, -0.1) is 0 Å². The molecule has 0 saturated carbocycles. The fraction of sp³-hybridized carbons (Fsp3) is 0.200. The number of aryl methyl sites for hydroxylation is 1. The molecule has 0 aliphatic carbocycles. The summed E-state index contributed by atoms with van der Waals surface area (Å²) in [5.74, 6) is 0.556. The lowest BCUT2D eigenvalue weighted by molar-refractivity contribution is 0.102. The number of hydrogen-bond acceptors (Lipinski definition) is 4. The van der Waals surface area contributed by atoms with Crippen LogP contribution >= 0.6 is 11.6 Å². The highest BCUT2D eigenvalue weighted by atomic mass is 35.5. The highest BCUT2D eigenvalue weighted by Gasteiger charge is 2.16. The van der Waals surface area contributed by atoms with E-state index in [-0.39, 0.29) is 5.91 Å². The second kappa shape index (κ2) is 7.62. The fourth-order valence-corrected chi connectivity index (χ4v) is 3.02. The first-order chi connectivity index (χ1) is 12.5. The third-order valence-corrected chi connectivity index (χ3v) is 4.28. The molecule has 0 radical (unpaired) electrons. The van der Waals surface area contributed by atoms with E-state index in [2.05, 4.69) is 10.3 Å². The maximum absolute atomic E-state index is 12.7. The minimum Gasteiger partial charge on any atom is -0.493 e. The highest BCUT2D eigenvalue weighted by molar-refractivity contribution is 6.32. The van der Waals surface area contributed by atoms with Crippen LogP contribution in [0.25, 0.3) is 10.9 Å². The zero-order chi connectivity index (χ0) is 18.7. The van der Waals surface area contributed by atoms with Crippen molar-refractivity contribution in [2.75, 3.05) is 19.0 Å². The summed E-state index contributed by atoms with van der Waals surface area (Å²) in [4.78, 5) is 17.1. The molecule has 0 saturated heterocycles. The van der Waals surface area contributed by atoms with E-state index in [1.165, 1.54) is 7.11 Å². The Hall–Kier alpha value is -2.79. The van der Waals surface area contributed by atoms with E-state index in [0.29, 0.717) is 34.4 Å². The molecular formula is C20H19ClN2O3. The van der Waals surface area contributed by atoms with E-state index >= 15 is 0 Å². The third kappa shape index (κ3) is 3.44. The van der Waals surface area contributed by atoms with E-state index in [0.717, 1.165) is 16.5 Å². The summed E-state index contributed by atoms with van der Waals surface area (Å²) in [6.07, 6.45) is 1.73. The van der Waals surface area contributed by atoms with Crippen LogP contribution in [0, 0.1) is 6.92 Å². The maximum atomic E-state index is 12.7. The average molecular weight is 371 g/mol. The van der Waals surface area contributed by atoms with Gasteiger partial charge in [0.25, 0.3) is 5.91 Å². The topological polar surface area (TPSA) is 60.5 Å². The number of anilines is 1. The van der Waals surface area contributed by atoms with Gasteiger partial charge in [-0.1, -0.05) is 17.7 Å². The Morgan fingerprint density at radius 2 is 2.08 bits per heavy atom. The number of amides is 1. The Morgan fingerprint density at radius 1 is 1.27 bits per heavy atom. The molecule has 0 bridgehead atoms. The van der Waals surface area contributed by atoms with Gasteiger partial charge in [-0.3, -0.25) is 9.78 Å². The number of aromatic nitrogens is 1. The monoisotopic (exact) mass is 370 g/mol. The Labute approximate surface area is 156 Å². The van der Waals surface area contributed by atoms with Crippen LogP contribution in [0.3, 0.4) is 0 Å². The summed E-state index contributed by atoms with van der Waals surface area (Å²) in [6, 6.07) is 10.7. The molecule has 6 heteroatoms. The second-order valence-corrected chi connectivity index (χ2v) is 6.11. The zero-order valence-electron chi connectivity index (χ0n) is 14.8. The third-order valence-electron chi connectivity index (χ3n) is 4.00. The van der Waals surface area contributed by atoms with Crippen LogP contribution < -0.4 is 14.8 Å². The minimum atomic E-state index is -0.290. The molecule has 0 atom stereocenters. The lowest BCUT2D eigenvalue weighted by Gasteiger charge is -2.14. The molecule has 1 amide bonds. The summed E-state index contributed by atoms with van der Waals surface area (Å²) >= 11 is 6.26. The van der Waals surface area contributed by atoms with Crippen LogP contribution in [-0.2, 0) is 0 Å². The molecule has 0 spiro atoms. The van der Waals surface area contributed by atoms with Gasteiger partial charge in [0, 0.05) is 17.1 Å². The Balaban J connectivity index is 1.96. The summed E-state index contributed by atoms with van der Waals surface area (Å²) in [5.41, 5.74) is 2.97. The molecule has 1 N–H and O–H groups in total. The predicted octanol–water partition coefficient (Wildman–Crippen LogP) is 4.86. The number of rotatable bonds is 5. The van der Waals surface area contributed by atoms with Crippen molar-refractivity contribution in [3.8, 4) is 11.5 Å². The SMILES string of the molecule is CCOc1c(Cl)cc(C(=O)Nc2ccc(C)c3ncccc23)cc1OC. The Kier molecular flexibility index (Phi) is 5.28. The standard InChI is InChI=1S/C20H19ClN2O3/c1-4-26-19-15(21)10-13(11-17(19)25-3)20(24)23-16-8-7-12(2)18-14(16)6-5-9-22-18/h5-11H,4H2,1-3H3,(H,23,24). The van der Waals surface area contributed by atoms with Gasteiger partial charge in [-0.25, -0.2) is 0 Å². The number of carbonyl (C=O) groups is 1. The molecule has 0 aliphatic rings. The number of hydrogen-bond donors (Lipinski definition) is 1. The van der Waals surface area contributed by atoms with Crippen LogP contribution in [-0.4, -0.2) is 24.6 Å². The molecule has 26 heavy (non-hydrogen) atoms. The summed E-state index contributed by atoms with van der Waals surface area (Å²) in [6.45, 7) is 4.29. The Morgan fingerprint density at radius 3 is 2.81 bits per heavy atom. The van der Waals surface area contributed by atoms with E-state index in [4.69, 9.17) is 21.1 Å². The van der Waals surface area contributed by atoms with Crippen molar-refractivity contribution in [1.82, 2.24) is 4.98 Å². The number of nitrogens with one attached hydrogen (secondary N) is 1. The molecule has 0 unspecified atom stereocenters. The molecule has 1 aromatic heterocycles. The van der Waals surface area contributed by atoms with Crippen molar-refractivity contribution in [3.05, 3.63) is 58.7 Å². The number of pyridine rings is 1. The first-order valence-corrected chi connectivity index (χ1v) is 8.59. The van der Waals surface area contributed by atoms with Gasteiger partial charge < -0.3 is 14.8 Å². The molecule has 5 nitrogen and oxygen atoms in total. The van der Waals surface area contributed by atoms with Gasteiger partial charge in [-0.05, 0) is 49.7 Å². The summed E-state index contributed by atoms with van der Waals surface area (Å²) in [7, 11) is 1.51. The summed E-state index contributed by atoms with van der Waals surface area (Å²) in [5, 5.41) is 4.13. The van der Waals surface area contributed by atoms with Gasteiger partial charge in [-0.2, -0.15) is 0 Å².